The molecule has 2 N–H and O–H groups in total. The topological polar surface area (TPSA) is 41.1 Å². The van der Waals surface area contributed by atoms with Crippen molar-refractivity contribution in [3.63, 3.8) is 0 Å². The van der Waals surface area contributed by atoms with Crippen LogP contribution in [0.1, 0.15) is 19.8 Å². The summed E-state index contributed by atoms with van der Waals surface area (Å²) in [6.07, 6.45) is 1.35. The van der Waals surface area contributed by atoms with Crippen molar-refractivity contribution < 1.29 is 4.79 Å². The molecule has 0 atom stereocenters. The van der Waals surface area contributed by atoms with Gasteiger partial charge in [0.1, 0.15) is 0 Å². The molecule has 0 bridgehead atoms. The number of rotatable bonds is 4. The van der Waals surface area contributed by atoms with E-state index in [0.29, 0.717) is 17.1 Å². The Morgan fingerprint density at radius 2 is 2.20 bits per heavy atom. The molecule has 0 radical (unpaired) electrons. The molecule has 82 valence electrons. The van der Waals surface area contributed by atoms with Crippen LogP contribution in [0.4, 0.5) is 11.4 Å². The Morgan fingerprint density at radius 3 is 2.73 bits per heavy atom. The molecule has 15 heavy (non-hydrogen) atoms. The summed E-state index contributed by atoms with van der Waals surface area (Å²) in [5, 5.41) is 6.29. The minimum absolute atomic E-state index is 0.00314. The molecule has 4 heteroatoms. The lowest BCUT2D eigenvalue weighted by atomic mass is 10.2. The number of benzene rings is 1. The molecular weight excluding hydrogens is 212 g/mol. The van der Waals surface area contributed by atoms with Crippen LogP contribution in [0, 0.1) is 0 Å². The summed E-state index contributed by atoms with van der Waals surface area (Å²) in [5.41, 5.74) is 1.59. The number of amides is 1. The highest BCUT2D eigenvalue weighted by atomic mass is 35.5. The average Bonchev–Trinajstić information content (AvgIpc) is 2.21. The molecule has 0 saturated carbocycles. The second-order valence-electron chi connectivity index (χ2n) is 3.24. The number of halogens is 1. The van der Waals surface area contributed by atoms with Gasteiger partial charge in [0.2, 0.25) is 5.91 Å². The summed E-state index contributed by atoms with van der Waals surface area (Å²) >= 11 is 6.00. The first-order valence-corrected chi connectivity index (χ1v) is 5.32. The fourth-order valence-electron chi connectivity index (χ4n) is 1.21. The van der Waals surface area contributed by atoms with Crippen LogP contribution in [0.25, 0.3) is 0 Å². The molecular formula is C11H15ClN2O. The van der Waals surface area contributed by atoms with Crippen LogP contribution in [0.15, 0.2) is 18.2 Å². The zero-order valence-electron chi connectivity index (χ0n) is 8.93. The number of nitrogens with one attached hydrogen (secondary N) is 2. The summed E-state index contributed by atoms with van der Waals surface area (Å²) in [5.74, 6) is -0.00314. The molecule has 0 saturated heterocycles. The maximum absolute atomic E-state index is 11.3. The third kappa shape index (κ3) is 3.44. The lowest BCUT2D eigenvalue weighted by Gasteiger charge is -2.08. The molecule has 0 aliphatic carbocycles. The van der Waals surface area contributed by atoms with Crippen molar-refractivity contribution in [2.24, 2.45) is 0 Å². The smallest absolute Gasteiger partial charge is 0.224 e. The third-order valence-corrected chi connectivity index (χ3v) is 2.32. The average molecular weight is 227 g/mol. The van der Waals surface area contributed by atoms with E-state index in [1.807, 2.05) is 20.0 Å². The van der Waals surface area contributed by atoms with E-state index in [2.05, 4.69) is 10.6 Å². The fraction of sp³-hybridized carbons (Fsp3) is 0.364. The highest BCUT2D eigenvalue weighted by Gasteiger charge is 2.04. The maximum atomic E-state index is 11.3. The highest BCUT2D eigenvalue weighted by molar-refractivity contribution is 6.34. The molecule has 0 aliphatic rings. The Bertz CT molecular complexity index is 352. The van der Waals surface area contributed by atoms with Gasteiger partial charge >= 0.3 is 0 Å². The van der Waals surface area contributed by atoms with Gasteiger partial charge in [-0.15, -0.1) is 0 Å². The van der Waals surface area contributed by atoms with E-state index in [4.69, 9.17) is 11.6 Å². The minimum atomic E-state index is -0.00314. The molecule has 1 rings (SSSR count). The summed E-state index contributed by atoms with van der Waals surface area (Å²) < 4.78 is 0. The lowest BCUT2D eigenvalue weighted by molar-refractivity contribution is -0.116. The van der Waals surface area contributed by atoms with Crippen molar-refractivity contribution in [2.75, 3.05) is 17.7 Å². The van der Waals surface area contributed by atoms with Gasteiger partial charge in [-0.25, -0.2) is 0 Å². The Hall–Kier alpha value is -1.22. The monoisotopic (exact) mass is 226 g/mol. The third-order valence-electron chi connectivity index (χ3n) is 2.01. The Balaban J connectivity index is 2.73. The quantitative estimate of drug-likeness (QED) is 0.828. The first kappa shape index (κ1) is 11.9. The van der Waals surface area contributed by atoms with Crippen LogP contribution in [-0.2, 0) is 4.79 Å². The molecule has 1 amide bonds. The van der Waals surface area contributed by atoms with Gasteiger partial charge in [0.25, 0.3) is 0 Å². The van der Waals surface area contributed by atoms with E-state index in [1.165, 1.54) is 0 Å². The van der Waals surface area contributed by atoms with Crippen molar-refractivity contribution in [1.82, 2.24) is 0 Å². The molecule has 1 aromatic carbocycles. The van der Waals surface area contributed by atoms with Crippen LogP contribution < -0.4 is 10.6 Å². The second kappa shape index (κ2) is 5.61. The van der Waals surface area contributed by atoms with E-state index in [1.54, 1.807) is 12.1 Å². The molecule has 0 fully saturated rings. The standard InChI is InChI=1S/C11H15ClN2O/c1-3-4-11(15)14-10-6-5-8(13-2)7-9(10)12/h5-7,13H,3-4H2,1-2H3,(H,14,15). The van der Waals surface area contributed by atoms with Gasteiger partial charge in [-0.2, -0.15) is 0 Å². The van der Waals surface area contributed by atoms with E-state index in [0.717, 1.165) is 12.1 Å². The fourth-order valence-corrected chi connectivity index (χ4v) is 1.44. The van der Waals surface area contributed by atoms with Crippen molar-refractivity contribution in [3.8, 4) is 0 Å². The maximum Gasteiger partial charge on any atom is 0.224 e. The summed E-state index contributed by atoms with van der Waals surface area (Å²) in [6.45, 7) is 1.96. The first-order chi connectivity index (χ1) is 7.17. The molecule has 0 aliphatic heterocycles. The number of hydrogen-bond acceptors (Lipinski definition) is 2. The highest BCUT2D eigenvalue weighted by Crippen LogP contribution is 2.25. The molecule has 0 aromatic heterocycles. The van der Waals surface area contributed by atoms with Crippen molar-refractivity contribution >= 4 is 28.9 Å². The van der Waals surface area contributed by atoms with E-state index >= 15 is 0 Å². The van der Waals surface area contributed by atoms with Crippen molar-refractivity contribution in [1.29, 1.82) is 0 Å². The van der Waals surface area contributed by atoms with Crippen LogP contribution in [0.3, 0.4) is 0 Å². The molecule has 0 heterocycles. The summed E-state index contributed by atoms with van der Waals surface area (Å²) in [6, 6.07) is 5.44. The van der Waals surface area contributed by atoms with Gasteiger partial charge in [-0.05, 0) is 24.6 Å². The number of carbonyl (C=O) groups excluding carboxylic acids is 1. The van der Waals surface area contributed by atoms with Gasteiger partial charge in [0.15, 0.2) is 0 Å². The molecule has 0 spiro atoms. The normalized spacial score (nSPS) is 9.80. The Morgan fingerprint density at radius 1 is 1.47 bits per heavy atom. The summed E-state index contributed by atoms with van der Waals surface area (Å²) in [4.78, 5) is 11.3. The van der Waals surface area contributed by atoms with Crippen molar-refractivity contribution in [2.45, 2.75) is 19.8 Å². The minimum Gasteiger partial charge on any atom is -0.388 e. The van der Waals surface area contributed by atoms with Crippen LogP contribution in [0.5, 0.6) is 0 Å². The van der Waals surface area contributed by atoms with Crippen LogP contribution >= 0.6 is 11.6 Å². The molecule has 0 unspecified atom stereocenters. The van der Waals surface area contributed by atoms with E-state index < -0.39 is 0 Å². The predicted octanol–water partition coefficient (Wildman–Crippen LogP) is 3.12. The second-order valence-corrected chi connectivity index (χ2v) is 3.65. The van der Waals surface area contributed by atoms with Crippen LogP contribution in [-0.4, -0.2) is 13.0 Å². The zero-order chi connectivity index (χ0) is 11.3. The van der Waals surface area contributed by atoms with Gasteiger partial charge in [-0.1, -0.05) is 18.5 Å². The molecule has 3 nitrogen and oxygen atoms in total. The van der Waals surface area contributed by atoms with E-state index in [-0.39, 0.29) is 5.91 Å². The Kier molecular flexibility index (Phi) is 4.43. The van der Waals surface area contributed by atoms with Crippen LogP contribution in [0.2, 0.25) is 5.02 Å². The number of anilines is 2. The largest absolute Gasteiger partial charge is 0.388 e. The Labute approximate surface area is 94.8 Å². The SMILES string of the molecule is CCCC(=O)Nc1ccc(NC)cc1Cl. The summed E-state index contributed by atoms with van der Waals surface area (Å²) in [7, 11) is 1.82. The lowest BCUT2D eigenvalue weighted by Crippen LogP contribution is -2.10. The molecule has 1 aromatic rings. The predicted molar refractivity (Wildman–Crippen MR) is 64.5 cm³/mol. The number of hydrogen-bond donors (Lipinski definition) is 2. The first-order valence-electron chi connectivity index (χ1n) is 4.94. The van der Waals surface area contributed by atoms with Gasteiger partial charge in [-0.3, -0.25) is 4.79 Å². The van der Waals surface area contributed by atoms with Gasteiger partial charge in [0, 0.05) is 19.2 Å². The van der Waals surface area contributed by atoms with Gasteiger partial charge < -0.3 is 10.6 Å². The van der Waals surface area contributed by atoms with Crippen molar-refractivity contribution in [3.05, 3.63) is 23.2 Å². The number of carbonyl (C=O) groups is 1. The zero-order valence-corrected chi connectivity index (χ0v) is 9.69. The van der Waals surface area contributed by atoms with E-state index in [9.17, 15) is 4.79 Å². The van der Waals surface area contributed by atoms with Gasteiger partial charge in [0.05, 0.1) is 10.7 Å².